The van der Waals surface area contributed by atoms with Gasteiger partial charge in [0.2, 0.25) is 11.8 Å². The van der Waals surface area contributed by atoms with Crippen molar-refractivity contribution in [1.29, 1.82) is 0 Å². The zero-order valence-corrected chi connectivity index (χ0v) is 15.3. The minimum Gasteiger partial charge on any atom is -0.325 e. The van der Waals surface area contributed by atoms with Crippen LogP contribution in [0.4, 0.5) is 10.8 Å². The molecule has 0 atom stereocenters. The number of nitrogens with one attached hydrogen (secondary N) is 2. The van der Waals surface area contributed by atoms with E-state index in [1.807, 2.05) is 30.3 Å². The fourth-order valence-corrected chi connectivity index (χ4v) is 4.29. The number of hydrogen-bond donors (Lipinski definition) is 2. The minimum absolute atomic E-state index is 0.0114. The molecule has 2 heterocycles. The largest absolute Gasteiger partial charge is 0.325 e. The molecule has 1 aliphatic heterocycles. The van der Waals surface area contributed by atoms with Crippen molar-refractivity contribution in [2.45, 2.75) is 32.2 Å². The molecule has 2 aromatic rings. The molecule has 0 spiro atoms. The number of carbonyl (C=O) groups excluding carboxylic acids is 2. The van der Waals surface area contributed by atoms with Gasteiger partial charge in [0.1, 0.15) is 0 Å². The lowest BCUT2D eigenvalue weighted by Gasteiger charge is -2.25. The second-order valence-electron chi connectivity index (χ2n) is 6.88. The van der Waals surface area contributed by atoms with E-state index in [0.717, 1.165) is 48.5 Å². The summed E-state index contributed by atoms with van der Waals surface area (Å²) in [4.78, 5) is 32.2. The maximum atomic E-state index is 12.2. The molecule has 1 aromatic heterocycles. The van der Waals surface area contributed by atoms with Gasteiger partial charge in [-0.1, -0.05) is 24.6 Å². The number of para-hydroxylation sites is 1. The Balaban J connectivity index is 1.32. The highest BCUT2D eigenvalue weighted by molar-refractivity contribution is 7.15. The average Bonchev–Trinajstić information content (AvgIpc) is 2.95. The molecular weight excluding hydrogens is 348 g/mol. The fraction of sp³-hybridized carbons (Fsp3) is 0.421. The van der Waals surface area contributed by atoms with Crippen molar-refractivity contribution in [2.75, 3.05) is 23.7 Å². The normalized spacial score (nSPS) is 17.2. The zero-order chi connectivity index (χ0) is 17.9. The van der Waals surface area contributed by atoms with Crippen LogP contribution in [-0.2, 0) is 22.6 Å². The zero-order valence-electron chi connectivity index (χ0n) is 14.5. The molecule has 0 radical (unpaired) electrons. The van der Waals surface area contributed by atoms with Gasteiger partial charge in [0, 0.05) is 36.0 Å². The van der Waals surface area contributed by atoms with Crippen molar-refractivity contribution >= 4 is 34.0 Å². The maximum Gasteiger partial charge on any atom is 0.238 e. The summed E-state index contributed by atoms with van der Waals surface area (Å²) < 4.78 is 0. The molecule has 0 unspecified atom stereocenters. The van der Waals surface area contributed by atoms with Crippen LogP contribution in [0.25, 0.3) is 0 Å². The van der Waals surface area contributed by atoms with Crippen LogP contribution < -0.4 is 10.6 Å². The molecule has 1 aromatic carbocycles. The van der Waals surface area contributed by atoms with E-state index >= 15 is 0 Å². The molecule has 2 N–H and O–H groups in total. The van der Waals surface area contributed by atoms with Crippen molar-refractivity contribution in [3.63, 3.8) is 0 Å². The van der Waals surface area contributed by atoms with Crippen LogP contribution in [-0.4, -0.2) is 34.8 Å². The molecule has 1 aliphatic carbocycles. The third kappa shape index (κ3) is 3.94. The average molecular weight is 370 g/mol. The molecular formula is C19H22N4O2S. The third-order valence-electron chi connectivity index (χ3n) is 4.94. The number of aromatic nitrogens is 1. The Morgan fingerprint density at radius 2 is 2.00 bits per heavy atom. The monoisotopic (exact) mass is 370 g/mol. The van der Waals surface area contributed by atoms with Gasteiger partial charge in [0.25, 0.3) is 0 Å². The number of anilines is 2. The molecule has 0 bridgehead atoms. The molecule has 1 fully saturated rings. The topological polar surface area (TPSA) is 74.3 Å². The lowest BCUT2D eigenvalue weighted by molar-refractivity contribution is -0.122. The Morgan fingerprint density at radius 1 is 1.19 bits per heavy atom. The van der Waals surface area contributed by atoms with Crippen molar-refractivity contribution in [3.8, 4) is 0 Å². The Morgan fingerprint density at radius 3 is 2.73 bits per heavy atom. The first-order valence-corrected chi connectivity index (χ1v) is 9.86. The summed E-state index contributed by atoms with van der Waals surface area (Å²) in [5.41, 5.74) is 1.87. The molecule has 0 saturated heterocycles. The number of thiazole rings is 1. The number of carbonyl (C=O) groups is 2. The van der Waals surface area contributed by atoms with E-state index in [2.05, 4.69) is 20.5 Å². The predicted molar refractivity (Wildman–Crippen MR) is 102 cm³/mol. The van der Waals surface area contributed by atoms with Crippen molar-refractivity contribution in [2.24, 2.45) is 5.92 Å². The van der Waals surface area contributed by atoms with Gasteiger partial charge in [-0.3, -0.25) is 14.5 Å². The summed E-state index contributed by atoms with van der Waals surface area (Å²) in [5, 5.41) is 6.58. The Bertz CT molecular complexity index is 801. The summed E-state index contributed by atoms with van der Waals surface area (Å²) in [6.07, 6.45) is 3.93. The molecule has 2 aliphatic rings. The third-order valence-corrected chi connectivity index (χ3v) is 5.94. The predicted octanol–water partition coefficient (Wildman–Crippen LogP) is 2.88. The van der Waals surface area contributed by atoms with Crippen LogP contribution in [0.15, 0.2) is 30.3 Å². The van der Waals surface area contributed by atoms with Crippen molar-refractivity contribution in [1.82, 2.24) is 9.88 Å². The summed E-state index contributed by atoms with van der Waals surface area (Å²) in [6, 6.07) is 9.49. The van der Waals surface area contributed by atoms with E-state index < -0.39 is 0 Å². The molecule has 26 heavy (non-hydrogen) atoms. The highest BCUT2D eigenvalue weighted by atomic mass is 32.1. The van der Waals surface area contributed by atoms with Crippen LogP contribution in [0.1, 0.15) is 29.8 Å². The Kier molecular flexibility index (Phi) is 4.99. The van der Waals surface area contributed by atoms with Gasteiger partial charge in [-0.05, 0) is 25.0 Å². The Labute approximate surface area is 156 Å². The highest BCUT2D eigenvalue weighted by Crippen LogP contribution is 2.31. The van der Waals surface area contributed by atoms with Crippen LogP contribution in [0.5, 0.6) is 0 Å². The van der Waals surface area contributed by atoms with Gasteiger partial charge in [-0.2, -0.15) is 0 Å². The molecule has 4 rings (SSSR count). The summed E-state index contributed by atoms with van der Waals surface area (Å²) in [7, 11) is 0. The first kappa shape index (κ1) is 17.2. The highest BCUT2D eigenvalue weighted by Gasteiger charge is 2.27. The number of nitrogens with zero attached hydrogens (tertiary/aromatic N) is 2. The van der Waals surface area contributed by atoms with Crippen molar-refractivity contribution in [3.05, 3.63) is 40.9 Å². The van der Waals surface area contributed by atoms with Crippen LogP contribution in [0.3, 0.4) is 0 Å². The van der Waals surface area contributed by atoms with Gasteiger partial charge >= 0.3 is 0 Å². The van der Waals surface area contributed by atoms with Gasteiger partial charge in [-0.15, -0.1) is 11.3 Å². The summed E-state index contributed by atoms with van der Waals surface area (Å²) >= 11 is 1.53. The molecule has 7 heteroatoms. The van der Waals surface area contributed by atoms with Gasteiger partial charge in [-0.25, -0.2) is 4.98 Å². The second-order valence-corrected chi connectivity index (χ2v) is 7.96. The summed E-state index contributed by atoms with van der Waals surface area (Å²) in [5.74, 6) is 0.248. The standard InChI is InChI=1S/C19H22N4O2S/c24-17(20-14-7-2-1-3-8-14)12-23-10-9-15-16(11-23)26-19(21-15)22-18(25)13-5-4-6-13/h1-3,7-8,13H,4-6,9-12H2,(H,20,24)(H,21,22,25). The van der Waals surface area contributed by atoms with E-state index in [1.54, 1.807) is 0 Å². The van der Waals surface area contributed by atoms with Crippen LogP contribution >= 0.6 is 11.3 Å². The number of fused-ring (bicyclic) bond motifs is 1. The number of hydrogen-bond acceptors (Lipinski definition) is 5. The molecule has 1 saturated carbocycles. The van der Waals surface area contributed by atoms with E-state index in [1.165, 1.54) is 11.3 Å². The summed E-state index contributed by atoms with van der Waals surface area (Å²) in [6.45, 7) is 1.86. The van der Waals surface area contributed by atoms with E-state index in [9.17, 15) is 9.59 Å². The lowest BCUT2D eigenvalue weighted by Crippen LogP contribution is -2.36. The van der Waals surface area contributed by atoms with Gasteiger partial charge in [0.15, 0.2) is 5.13 Å². The smallest absolute Gasteiger partial charge is 0.238 e. The maximum absolute atomic E-state index is 12.2. The number of benzene rings is 1. The second kappa shape index (κ2) is 7.55. The van der Waals surface area contributed by atoms with Crippen LogP contribution in [0, 0.1) is 5.92 Å². The van der Waals surface area contributed by atoms with E-state index in [0.29, 0.717) is 18.2 Å². The van der Waals surface area contributed by atoms with E-state index in [-0.39, 0.29) is 17.7 Å². The molecule has 136 valence electrons. The Hall–Kier alpha value is -2.25. The fourth-order valence-electron chi connectivity index (χ4n) is 3.24. The van der Waals surface area contributed by atoms with Crippen molar-refractivity contribution < 1.29 is 9.59 Å². The molecule has 2 amide bonds. The van der Waals surface area contributed by atoms with Gasteiger partial charge in [0.05, 0.1) is 12.2 Å². The van der Waals surface area contributed by atoms with Gasteiger partial charge < -0.3 is 10.6 Å². The first-order chi connectivity index (χ1) is 12.7. The number of amides is 2. The number of rotatable bonds is 5. The van der Waals surface area contributed by atoms with E-state index in [4.69, 9.17) is 0 Å². The first-order valence-electron chi connectivity index (χ1n) is 9.04. The van der Waals surface area contributed by atoms with Crippen LogP contribution in [0.2, 0.25) is 0 Å². The lowest BCUT2D eigenvalue weighted by atomic mass is 9.85. The molecule has 6 nitrogen and oxygen atoms in total. The minimum atomic E-state index is -0.0114. The SMILES string of the molecule is O=C(CN1CCc2nc(NC(=O)C3CCC3)sc2C1)Nc1ccccc1. The quantitative estimate of drug-likeness (QED) is 0.849.